The Morgan fingerprint density at radius 2 is 1.69 bits per heavy atom. The first kappa shape index (κ1) is 17.8. The third-order valence-electron chi connectivity index (χ3n) is 4.56. The van der Waals surface area contributed by atoms with Crippen LogP contribution in [-0.4, -0.2) is 58.5 Å². The highest BCUT2D eigenvalue weighted by atomic mass is 16.2. The van der Waals surface area contributed by atoms with Gasteiger partial charge in [0, 0.05) is 31.9 Å². The summed E-state index contributed by atoms with van der Waals surface area (Å²) in [4.78, 5) is 26.6. The Morgan fingerprint density at radius 3 is 2.23 bits per heavy atom. The van der Waals surface area contributed by atoms with E-state index in [1.807, 2.05) is 13.8 Å². The molecule has 0 spiro atoms. The molecule has 7 heteroatoms. The van der Waals surface area contributed by atoms with Crippen molar-refractivity contribution in [1.29, 1.82) is 0 Å². The Morgan fingerprint density at radius 1 is 1.04 bits per heavy atom. The number of nitrogens with zero attached hydrogens (tertiary/aromatic N) is 4. The summed E-state index contributed by atoms with van der Waals surface area (Å²) in [6, 6.07) is 7.67. The monoisotopic (exact) mass is 353 g/mol. The predicted octanol–water partition coefficient (Wildman–Crippen LogP) is 2.06. The molecule has 0 unspecified atom stereocenters. The lowest BCUT2D eigenvalue weighted by Crippen LogP contribution is -2.48. The minimum absolute atomic E-state index is 0.155. The summed E-state index contributed by atoms with van der Waals surface area (Å²) >= 11 is 0. The van der Waals surface area contributed by atoms with Gasteiger partial charge in [-0.15, -0.1) is 10.2 Å². The normalized spacial score (nSPS) is 14.3. The number of carbonyl (C=O) groups is 2. The molecule has 2 amide bonds. The highest BCUT2D eigenvalue weighted by molar-refractivity contribution is 5.92. The molecular weight excluding hydrogens is 330 g/mol. The average Bonchev–Trinajstić information content (AvgIpc) is 2.64. The largest absolute Gasteiger partial charge is 0.342 e. The number of piperazine rings is 1. The quantitative estimate of drug-likeness (QED) is 0.851. The SMILES string of the molecule is Cc1cc(C)c(Nc2ccc(C(=O)N3CCN(C=O)CC3)nn2)c(C)c1. The molecule has 1 fully saturated rings. The van der Waals surface area contributed by atoms with Gasteiger partial charge in [0.2, 0.25) is 6.41 Å². The lowest BCUT2D eigenvalue weighted by atomic mass is 10.1. The third-order valence-corrected chi connectivity index (χ3v) is 4.56. The van der Waals surface area contributed by atoms with Gasteiger partial charge < -0.3 is 15.1 Å². The van der Waals surface area contributed by atoms with Gasteiger partial charge in [0.05, 0.1) is 0 Å². The van der Waals surface area contributed by atoms with Gasteiger partial charge in [0.1, 0.15) is 0 Å². The summed E-state index contributed by atoms with van der Waals surface area (Å²) in [6.45, 7) is 8.29. The van der Waals surface area contributed by atoms with Crippen molar-refractivity contribution in [2.75, 3.05) is 31.5 Å². The van der Waals surface area contributed by atoms with Crippen LogP contribution in [-0.2, 0) is 4.79 Å². The number of hydrogen-bond acceptors (Lipinski definition) is 5. The van der Waals surface area contributed by atoms with Crippen LogP contribution in [0.3, 0.4) is 0 Å². The van der Waals surface area contributed by atoms with Gasteiger partial charge in [-0.1, -0.05) is 17.7 Å². The van der Waals surface area contributed by atoms with E-state index >= 15 is 0 Å². The van der Waals surface area contributed by atoms with E-state index in [-0.39, 0.29) is 5.91 Å². The van der Waals surface area contributed by atoms with E-state index in [4.69, 9.17) is 0 Å². The summed E-state index contributed by atoms with van der Waals surface area (Å²) in [7, 11) is 0. The Bertz CT molecular complexity index is 788. The zero-order valence-electron chi connectivity index (χ0n) is 15.3. The molecule has 0 aliphatic carbocycles. The standard InChI is InChI=1S/C19H23N5O2/c1-13-10-14(2)18(15(3)11-13)20-17-5-4-16(21-22-17)19(26)24-8-6-23(12-25)7-9-24/h4-5,10-12H,6-9H2,1-3H3,(H,20,22). The van der Waals surface area contributed by atoms with Crippen LogP contribution < -0.4 is 5.32 Å². The molecule has 0 radical (unpaired) electrons. The van der Waals surface area contributed by atoms with Gasteiger partial charge >= 0.3 is 0 Å². The van der Waals surface area contributed by atoms with E-state index in [1.165, 1.54) is 5.56 Å². The maximum Gasteiger partial charge on any atom is 0.274 e. The van der Waals surface area contributed by atoms with Crippen molar-refractivity contribution in [1.82, 2.24) is 20.0 Å². The van der Waals surface area contributed by atoms with Gasteiger partial charge in [-0.3, -0.25) is 9.59 Å². The van der Waals surface area contributed by atoms with Crippen LogP contribution in [0.2, 0.25) is 0 Å². The van der Waals surface area contributed by atoms with Gasteiger partial charge in [0.15, 0.2) is 11.5 Å². The molecule has 0 bridgehead atoms. The number of anilines is 2. The lowest BCUT2D eigenvalue weighted by Gasteiger charge is -2.32. The molecule has 1 saturated heterocycles. The van der Waals surface area contributed by atoms with Crippen LogP contribution >= 0.6 is 0 Å². The van der Waals surface area contributed by atoms with Crippen LogP contribution in [0.5, 0.6) is 0 Å². The van der Waals surface area contributed by atoms with E-state index in [1.54, 1.807) is 21.9 Å². The van der Waals surface area contributed by atoms with Crippen molar-refractivity contribution in [2.45, 2.75) is 20.8 Å². The molecule has 26 heavy (non-hydrogen) atoms. The number of carbonyl (C=O) groups excluding carboxylic acids is 2. The van der Waals surface area contributed by atoms with Gasteiger partial charge in [0.25, 0.3) is 5.91 Å². The van der Waals surface area contributed by atoms with Crippen molar-refractivity contribution in [3.63, 3.8) is 0 Å². The molecule has 3 rings (SSSR count). The molecule has 1 aliphatic heterocycles. The second kappa shape index (κ2) is 7.51. The Balaban J connectivity index is 1.69. The zero-order valence-corrected chi connectivity index (χ0v) is 15.3. The molecule has 0 saturated carbocycles. The summed E-state index contributed by atoms with van der Waals surface area (Å²) < 4.78 is 0. The summed E-state index contributed by atoms with van der Waals surface area (Å²) in [5, 5.41) is 11.5. The van der Waals surface area contributed by atoms with Crippen LogP contribution in [0.25, 0.3) is 0 Å². The van der Waals surface area contributed by atoms with Crippen LogP contribution in [0, 0.1) is 20.8 Å². The van der Waals surface area contributed by atoms with E-state index in [0.717, 1.165) is 23.2 Å². The minimum atomic E-state index is -0.155. The molecule has 2 aromatic rings. The molecule has 7 nitrogen and oxygen atoms in total. The molecule has 1 aliphatic rings. The number of hydrogen-bond donors (Lipinski definition) is 1. The minimum Gasteiger partial charge on any atom is -0.342 e. The highest BCUT2D eigenvalue weighted by Crippen LogP contribution is 2.24. The fourth-order valence-electron chi connectivity index (χ4n) is 3.21. The average molecular weight is 353 g/mol. The fourth-order valence-corrected chi connectivity index (χ4v) is 3.21. The topological polar surface area (TPSA) is 78.4 Å². The van der Waals surface area contributed by atoms with Crippen LogP contribution in [0.1, 0.15) is 27.2 Å². The number of amides is 2. The van der Waals surface area contributed by atoms with Crippen LogP contribution in [0.4, 0.5) is 11.5 Å². The second-order valence-corrected chi connectivity index (χ2v) is 6.64. The summed E-state index contributed by atoms with van der Waals surface area (Å²) in [6.07, 6.45) is 0.817. The fraction of sp³-hybridized carbons (Fsp3) is 0.368. The maximum atomic E-state index is 12.5. The first-order valence-corrected chi connectivity index (χ1v) is 8.65. The van der Waals surface area contributed by atoms with E-state index in [9.17, 15) is 9.59 Å². The Hall–Kier alpha value is -2.96. The first-order valence-electron chi connectivity index (χ1n) is 8.65. The van der Waals surface area contributed by atoms with Crippen molar-refractivity contribution >= 4 is 23.8 Å². The van der Waals surface area contributed by atoms with Crippen molar-refractivity contribution in [3.8, 4) is 0 Å². The van der Waals surface area contributed by atoms with Crippen molar-refractivity contribution in [3.05, 3.63) is 46.6 Å². The van der Waals surface area contributed by atoms with Crippen molar-refractivity contribution < 1.29 is 9.59 Å². The Kier molecular flexibility index (Phi) is 5.16. The molecule has 1 N–H and O–H groups in total. The third kappa shape index (κ3) is 3.82. The summed E-state index contributed by atoms with van der Waals surface area (Å²) in [5.41, 5.74) is 4.81. The van der Waals surface area contributed by atoms with Gasteiger partial charge in [-0.2, -0.15) is 0 Å². The first-order chi connectivity index (χ1) is 12.5. The van der Waals surface area contributed by atoms with E-state index < -0.39 is 0 Å². The number of aromatic nitrogens is 2. The molecule has 1 aromatic heterocycles. The van der Waals surface area contributed by atoms with Crippen molar-refractivity contribution in [2.24, 2.45) is 0 Å². The molecular formula is C19H23N5O2. The van der Waals surface area contributed by atoms with E-state index in [2.05, 4.69) is 34.6 Å². The zero-order chi connectivity index (χ0) is 18.7. The Labute approximate surface area is 153 Å². The predicted molar refractivity (Wildman–Crippen MR) is 99.5 cm³/mol. The van der Waals surface area contributed by atoms with Gasteiger partial charge in [-0.05, 0) is 44.0 Å². The second-order valence-electron chi connectivity index (χ2n) is 6.64. The van der Waals surface area contributed by atoms with Gasteiger partial charge in [-0.25, -0.2) is 0 Å². The number of rotatable bonds is 4. The molecule has 1 aromatic carbocycles. The number of aryl methyl sites for hydroxylation is 3. The molecule has 0 atom stereocenters. The smallest absolute Gasteiger partial charge is 0.274 e. The number of nitrogens with one attached hydrogen (secondary N) is 1. The van der Waals surface area contributed by atoms with E-state index in [0.29, 0.717) is 37.7 Å². The summed E-state index contributed by atoms with van der Waals surface area (Å²) in [5.74, 6) is 0.444. The lowest BCUT2D eigenvalue weighted by molar-refractivity contribution is -0.119. The number of benzene rings is 1. The molecule has 2 heterocycles. The molecule has 136 valence electrons. The van der Waals surface area contributed by atoms with Crippen LogP contribution in [0.15, 0.2) is 24.3 Å². The maximum absolute atomic E-state index is 12.5. The highest BCUT2D eigenvalue weighted by Gasteiger charge is 2.22.